The summed E-state index contributed by atoms with van der Waals surface area (Å²) in [5.74, 6) is -0.459. The molecule has 0 atom stereocenters. The summed E-state index contributed by atoms with van der Waals surface area (Å²) in [7, 11) is -3.78. The summed E-state index contributed by atoms with van der Waals surface area (Å²) in [6.07, 6.45) is 0. The predicted octanol–water partition coefficient (Wildman–Crippen LogP) is 3.28. The van der Waals surface area contributed by atoms with E-state index in [9.17, 15) is 12.8 Å². The zero-order chi connectivity index (χ0) is 14.9. The lowest BCUT2D eigenvalue weighted by Gasteiger charge is -2.11. The lowest BCUT2D eigenvalue weighted by atomic mass is 10.2. The van der Waals surface area contributed by atoms with Crippen molar-refractivity contribution in [2.75, 3.05) is 10.5 Å². The molecule has 2 aromatic carbocycles. The van der Waals surface area contributed by atoms with Crippen LogP contribution in [0.4, 0.5) is 15.8 Å². The number of hydrogen-bond donors (Lipinski definition) is 2. The molecule has 0 fully saturated rings. The van der Waals surface area contributed by atoms with Gasteiger partial charge >= 0.3 is 0 Å². The Labute approximate surface area is 125 Å². The fourth-order valence-electron chi connectivity index (χ4n) is 1.71. The van der Waals surface area contributed by atoms with Gasteiger partial charge in [-0.3, -0.25) is 4.72 Å². The molecule has 0 aliphatic rings. The van der Waals surface area contributed by atoms with Gasteiger partial charge in [-0.05, 0) is 64.8 Å². The van der Waals surface area contributed by atoms with Crippen molar-refractivity contribution in [2.24, 2.45) is 0 Å². The Kier molecular flexibility index (Phi) is 4.01. The third-order valence-corrected chi connectivity index (χ3v) is 4.56. The minimum absolute atomic E-state index is 0.0613. The van der Waals surface area contributed by atoms with E-state index in [0.717, 1.165) is 5.56 Å². The molecule has 0 aromatic heterocycles. The SMILES string of the molecule is Cc1cc(N)cc(S(=O)(=O)Nc2ccc(F)cc2Br)c1. The fourth-order valence-corrected chi connectivity index (χ4v) is 3.51. The van der Waals surface area contributed by atoms with E-state index in [0.29, 0.717) is 10.2 Å². The van der Waals surface area contributed by atoms with Gasteiger partial charge in [0.2, 0.25) is 0 Å². The number of nitrogens with two attached hydrogens (primary N) is 1. The number of sulfonamides is 1. The summed E-state index contributed by atoms with van der Waals surface area (Å²) in [5.41, 5.74) is 7.01. The maximum absolute atomic E-state index is 13.0. The van der Waals surface area contributed by atoms with Gasteiger partial charge in [-0.2, -0.15) is 0 Å². The van der Waals surface area contributed by atoms with Crippen molar-refractivity contribution < 1.29 is 12.8 Å². The van der Waals surface area contributed by atoms with E-state index in [1.54, 1.807) is 13.0 Å². The van der Waals surface area contributed by atoms with Crippen molar-refractivity contribution in [2.45, 2.75) is 11.8 Å². The summed E-state index contributed by atoms with van der Waals surface area (Å²) >= 11 is 3.11. The number of anilines is 2. The molecule has 20 heavy (non-hydrogen) atoms. The van der Waals surface area contributed by atoms with Gasteiger partial charge in [0.25, 0.3) is 10.0 Å². The van der Waals surface area contributed by atoms with Crippen molar-refractivity contribution in [1.29, 1.82) is 0 Å². The third kappa shape index (κ3) is 3.29. The van der Waals surface area contributed by atoms with Crippen LogP contribution < -0.4 is 10.5 Å². The number of hydrogen-bond acceptors (Lipinski definition) is 3. The minimum Gasteiger partial charge on any atom is -0.399 e. The van der Waals surface area contributed by atoms with Crippen LogP contribution in [0, 0.1) is 12.7 Å². The lowest BCUT2D eigenvalue weighted by molar-refractivity contribution is 0.601. The maximum Gasteiger partial charge on any atom is 0.262 e. The number of halogens is 2. The molecule has 0 aliphatic heterocycles. The maximum atomic E-state index is 13.0. The van der Waals surface area contributed by atoms with E-state index in [4.69, 9.17) is 5.73 Å². The minimum atomic E-state index is -3.78. The number of nitrogen functional groups attached to an aromatic ring is 1. The van der Waals surface area contributed by atoms with Crippen LogP contribution in [0.1, 0.15) is 5.56 Å². The van der Waals surface area contributed by atoms with Gasteiger partial charge in [0, 0.05) is 10.2 Å². The van der Waals surface area contributed by atoms with Gasteiger partial charge in [-0.1, -0.05) is 0 Å². The van der Waals surface area contributed by atoms with Crippen molar-refractivity contribution in [3.05, 3.63) is 52.3 Å². The number of benzene rings is 2. The molecule has 0 spiro atoms. The first-order chi connectivity index (χ1) is 9.28. The van der Waals surface area contributed by atoms with Crippen LogP contribution in [0.2, 0.25) is 0 Å². The van der Waals surface area contributed by atoms with Crippen LogP contribution in [0.5, 0.6) is 0 Å². The summed E-state index contributed by atoms with van der Waals surface area (Å²) < 4.78 is 40.2. The van der Waals surface area contributed by atoms with E-state index < -0.39 is 15.8 Å². The van der Waals surface area contributed by atoms with Crippen LogP contribution in [-0.4, -0.2) is 8.42 Å². The average Bonchev–Trinajstić information content (AvgIpc) is 2.31. The number of aryl methyl sites for hydroxylation is 1. The summed E-state index contributed by atoms with van der Waals surface area (Å²) in [4.78, 5) is 0.0613. The quantitative estimate of drug-likeness (QED) is 0.827. The third-order valence-electron chi connectivity index (χ3n) is 2.56. The summed E-state index contributed by atoms with van der Waals surface area (Å²) in [5, 5.41) is 0. The van der Waals surface area contributed by atoms with Gasteiger partial charge in [0.15, 0.2) is 0 Å². The van der Waals surface area contributed by atoms with Crippen molar-refractivity contribution >= 4 is 37.3 Å². The van der Waals surface area contributed by atoms with Crippen LogP contribution in [0.25, 0.3) is 0 Å². The van der Waals surface area contributed by atoms with Crippen LogP contribution in [0.15, 0.2) is 45.8 Å². The molecule has 0 saturated carbocycles. The van der Waals surface area contributed by atoms with Gasteiger partial charge in [-0.25, -0.2) is 12.8 Å². The topological polar surface area (TPSA) is 72.2 Å². The molecule has 0 unspecified atom stereocenters. The molecule has 106 valence electrons. The van der Waals surface area contributed by atoms with E-state index in [1.807, 2.05) is 0 Å². The van der Waals surface area contributed by atoms with Gasteiger partial charge in [-0.15, -0.1) is 0 Å². The summed E-state index contributed by atoms with van der Waals surface area (Å²) in [6.45, 7) is 1.75. The highest BCUT2D eigenvalue weighted by molar-refractivity contribution is 9.10. The Morgan fingerprint density at radius 3 is 2.50 bits per heavy atom. The molecule has 2 rings (SSSR count). The monoisotopic (exact) mass is 358 g/mol. The molecule has 0 amide bonds. The second-order valence-electron chi connectivity index (χ2n) is 4.31. The van der Waals surface area contributed by atoms with Crippen molar-refractivity contribution in [3.8, 4) is 0 Å². The van der Waals surface area contributed by atoms with Crippen LogP contribution in [-0.2, 0) is 10.0 Å². The van der Waals surface area contributed by atoms with Crippen LogP contribution >= 0.6 is 15.9 Å². The van der Waals surface area contributed by atoms with Gasteiger partial charge in [0.05, 0.1) is 10.6 Å². The molecule has 0 saturated heterocycles. The largest absolute Gasteiger partial charge is 0.399 e. The Bertz CT molecular complexity index is 743. The average molecular weight is 359 g/mol. The highest BCUT2D eigenvalue weighted by atomic mass is 79.9. The summed E-state index contributed by atoms with van der Waals surface area (Å²) in [6, 6.07) is 8.25. The highest BCUT2D eigenvalue weighted by Crippen LogP contribution is 2.26. The fraction of sp³-hybridized carbons (Fsp3) is 0.0769. The second-order valence-corrected chi connectivity index (χ2v) is 6.85. The van der Waals surface area contributed by atoms with Crippen molar-refractivity contribution in [1.82, 2.24) is 0 Å². The molecule has 4 nitrogen and oxygen atoms in total. The van der Waals surface area contributed by atoms with E-state index in [2.05, 4.69) is 20.7 Å². The predicted molar refractivity (Wildman–Crippen MR) is 80.5 cm³/mol. The first kappa shape index (κ1) is 14.8. The Hall–Kier alpha value is -1.60. The smallest absolute Gasteiger partial charge is 0.262 e. The van der Waals surface area contributed by atoms with E-state index in [-0.39, 0.29) is 10.6 Å². The molecular formula is C13H12BrFN2O2S. The molecular weight excluding hydrogens is 347 g/mol. The lowest BCUT2D eigenvalue weighted by Crippen LogP contribution is -2.14. The zero-order valence-corrected chi connectivity index (χ0v) is 12.9. The van der Waals surface area contributed by atoms with Gasteiger partial charge < -0.3 is 5.73 Å². The number of rotatable bonds is 3. The molecule has 0 radical (unpaired) electrons. The molecule has 2 aromatic rings. The standard InChI is InChI=1S/C13H12BrFN2O2S/c1-8-4-10(16)7-11(5-8)20(18,19)17-13-3-2-9(15)6-12(13)14/h2-7,17H,16H2,1H3. The Morgan fingerprint density at radius 1 is 1.20 bits per heavy atom. The molecule has 0 heterocycles. The van der Waals surface area contributed by atoms with E-state index in [1.165, 1.54) is 30.3 Å². The normalized spacial score (nSPS) is 11.3. The van der Waals surface area contributed by atoms with E-state index >= 15 is 0 Å². The molecule has 3 N–H and O–H groups in total. The Balaban J connectivity index is 2.40. The zero-order valence-electron chi connectivity index (χ0n) is 10.5. The Morgan fingerprint density at radius 2 is 1.90 bits per heavy atom. The molecule has 0 bridgehead atoms. The van der Waals surface area contributed by atoms with Crippen molar-refractivity contribution in [3.63, 3.8) is 0 Å². The highest BCUT2D eigenvalue weighted by Gasteiger charge is 2.16. The second kappa shape index (κ2) is 5.41. The first-order valence-electron chi connectivity index (χ1n) is 5.63. The molecule has 7 heteroatoms. The van der Waals surface area contributed by atoms with Crippen LogP contribution in [0.3, 0.4) is 0 Å². The number of nitrogens with one attached hydrogen (secondary N) is 1. The van der Waals surface area contributed by atoms with Gasteiger partial charge in [0.1, 0.15) is 5.82 Å². The first-order valence-corrected chi connectivity index (χ1v) is 7.90. The molecule has 0 aliphatic carbocycles.